The minimum absolute atomic E-state index is 0.147. The van der Waals surface area contributed by atoms with Crippen molar-refractivity contribution in [2.45, 2.75) is 24.7 Å². The number of nitrogens with one attached hydrogen (secondary N) is 1. The first-order chi connectivity index (χ1) is 12.4. The summed E-state index contributed by atoms with van der Waals surface area (Å²) in [7, 11) is -3.63. The van der Waals surface area contributed by atoms with Gasteiger partial charge in [-0.15, -0.1) is 0 Å². The van der Waals surface area contributed by atoms with Crippen molar-refractivity contribution in [1.82, 2.24) is 4.31 Å². The zero-order valence-corrected chi connectivity index (χ0v) is 16.1. The monoisotopic (exact) mass is 392 g/mol. The largest absolute Gasteiger partial charge is 0.326 e. The molecule has 26 heavy (non-hydrogen) atoms. The smallest absolute Gasteiger partial charge is 0.243 e. The van der Waals surface area contributed by atoms with E-state index in [2.05, 4.69) is 5.32 Å². The zero-order valence-electron chi connectivity index (χ0n) is 14.5. The van der Waals surface area contributed by atoms with Crippen molar-refractivity contribution in [1.29, 1.82) is 0 Å². The van der Waals surface area contributed by atoms with Crippen molar-refractivity contribution >= 4 is 33.2 Å². The van der Waals surface area contributed by atoms with Gasteiger partial charge in [0.25, 0.3) is 0 Å². The maximum atomic E-state index is 12.8. The Labute approximate surface area is 159 Å². The van der Waals surface area contributed by atoms with Crippen LogP contribution in [0.4, 0.5) is 5.69 Å². The molecule has 0 aliphatic carbocycles. The Morgan fingerprint density at radius 2 is 1.92 bits per heavy atom. The number of piperidine rings is 1. The molecular weight excluding hydrogens is 372 g/mol. The first kappa shape index (κ1) is 18.9. The fourth-order valence-electron chi connectivity index (χ4n) is 3.10. The Kier molecular flexibility index (Phi) is 5.65. The number of amides is 1. The van der Waals surface area contributed by atoms with E-state index in [4.69, 9.17) is 11.6 Å². The number of hydrogen-bond donors (Lipinski definition) is 1. The van der Waals surface area contributed by atoms with Crippen LogP contribution in [0.15, 0.2) is 53.4 Å². The van der Waals surface area contributed by atoms with E-state index in [-0.39, 0.29) is 23.3 Å². The molecule has 5 nitrogen and oxygen atoms in total. The average Bonchev–Trinajstić information content (AvgIpc) is 2.62. The maximum absolute atomic E-state index is 12.8. The zero-order chi connectivity index (χ0) is 18.7. The van der Waals surface area contributed by atoms with Crippen LogP contribution in [0.5, 0.6) is 0 Å². The topological polar surface area (TPSA) is 66.5 Å². The second-order valence-corrected chi connectivity index (χ2v) is 8.89. The third-order valence-corrected chi connectivity index (χ3v) is 6.62. The SMILES string of the molecule is Cc1cccc(NC(=O)[C@@H]2CCCN(S(=O)(=O)c3ccc(Cl)cc3)C2)c1. The van der Waals surface area contributed by atoms with Crippen molar-refractivity contribution < 1.29 is 13.2 Å². The molecule has 1 fully saturated rings. The highest BCUT2D eigenvalue weighted by Gasteiger charge is 2.33. The highest BCUT2D eigenvalue weighted by Crippen LogP contribution is 2.25. The van der Waals surface area contributed by atoms with Gasteiger partial charge in [-0.3, -0.25) is 4.79 Å². The summed E-state index contributed by atoms with van der Waals surface area (Å²) in [5.41, 5.74) is 1.78. The summed E-state index contributed by atoms with van der Waals surface area (Å²) >= 11 is 5.84. The van der Waals surface area contributed by atoms with Gasteiger partial charge >= 0.3 is 0 Å². The second-order valence-electron chi connectivity index (χ2n) is 6.51. The van der Waals surface area contributed by atoms with Gasteiger partial charge in [0.15, 0.2) is 0 Å². The number of hydrogen-bond acceptors (Lipinski definition) is 3. The standard InChI is InChI=1S/C19H21ClN2O3S/c1-14-4-2-6-17(12-14)21-19(23)15-5-3-11-22(13-15)26(24,25)18-9-7-16(20)8-10-18/h2,4,6-10,12,15H,3,5,11,13H2,1H3,(H,21,23)/t15-/m1/s1. The van der Waals surface area contributed by atoms with Crippen molar-refractivity contribution in [3.63, 3.8) is 0 Å². The molecular formula is C19H21ClN2O3S. The summed E-state index contributed by atoms with van der Waals surface area (Å²) in [6, 6.07) is 13.7. The minimum atomic E-state index is -3.63. The third kappa shape index (κ3) is 4.26. The van der Waals surface area contributed by atoms with Crippen LogP contribution in [0, 0.1) is 12.8 Å². The summed E-state index contributed by atoms with van der Waals surface area (Å²) in [5, 5.41) is 3.38. The van der Waals surface area contributed by atoms with Crippen molar-refractivity contribution in [2.24, 2.45) is 5.92 Å². The predicted molar refractivity (Wildman–Crippen MR) is 103 cm³/mol. The van der Waals surface area contributed by atoms with Gasteiger partial charge in [-0.25, -0.2) is 8.42 Å². The van der Waals surface area contributed by atoms with E-state index in [0.29, 0.717) is 24.4 Å². The molecule has 1 aliphatic heterocycles. The first-order valence-corrected chi connectivity index (χ1v) is 10.3. The Balaban J connectivity index is 1.72. The van der Waals surface area contributed by atoms with Crippen LogP contribution < -0.4 is 5.32 Å². The molecule has 1 N–H and O–H groups in total. The third-order valence-electron chi connectivity index (χ3n) is 4.49. The molecule has 2 aromatic carbocycles. The maximum Gasteiger partial charge on any atom is 0.243 e. The van der Waals surface area contributed by atoms with Crippen LogP contribution >= 0.6 is 11.6 Å². The molecule has 1 saturated heterocycles. The molecule has 2 aromatic rings. The van der Waals surface area contributed by atoms with Gasteiger partial charge in [-0.2, -0.15) is 4.31 Å². The molecule has 0 saturated carbocycles. The number of aryl methyl sites for hydroxylation is 1. The number of benzene rings is 2. The molecule has 0 spiro atoms. The lowest BCUT2D eigenvalue weighted by atomic mass is 9.98. The molecule has 0 unspecified atom stereocenters. The number of nitrogens with zero attached hydrogens (tertiary/aromatic N) is 1. The lowest BCUT2D eigenvalue weighted by Crippen LogP contribution is -2.43. The molecule has 3 rings (SSSR count). The summed E-state index contributed by atoms with van der Waals surface area (Å²) in [6.45, 7) is 2.55. The highest BCUT2D eigenvalue weighted by atomic mass is 35.5. The van der Waals surface area contributed by atoms with E-state index in [1.54, 1.807) is 12.1 Å². The molecule has 0 bridgehead atoms. The van der Waals surface area contributed by atoms with Gasteiger partial charge in [0, 0.05) is 23.8 Å². The Bertz CT molecular complexity index is 897. The van der Waals surface area contributed by atoms with Gasteiger partial charge in [-0.1, -0.05) is 23.7 Å². The minimum Gasteiger partial charge on any atom is -0.326 e. The summed E-state index contributed by atoms with van der Waals surface area (Å²) < 4.78 is 27.0. The van der Waals surface area contributed by atoms with Gasteiger partial charge < -0.3 is 5.32 Å². The van der Waals surface area contributed by atoms with Crippen LogP contribution in [0.3, 0.4) is 0 Å². The molecule has 1 atom stereocenters. The van der Waals surface area contributed by atoms with Gasteiger partial charge in [0.1, 0.15) is 0 Å². The fraction of sp³-hybridized carbons (Fsp3) is 0.316. The van der Waals surface area contributed by atoms with Crippen molar-refractivity contribution in [3.8, 4) is 0 Å². The Hall–Kier alpha value is -1.89. The van der Waals surface area contributed by atoms with Gasteiger partial charge in [-0.05, 0) is 61.7 Å². The predicted octanol–water partition coefficient (Wildman–Crippen LogP) is 3.69. The fourth-order valence-corrected chi connectivity index (χ4v) is 4.75. The number of sulfonamides is 1. The quantitative estimate of drug-likeness (QED) is 0.862. The Morgan fingerprint density at radius 1 is 1.19 bits per heavy atom. The van der Waals surface area contributed by atoms with Crippen LogP contribution in [-0.4, -0.2) is 31.7 Å². The molecule has 138 valence electrons. The molecule has 1 heterocycles. The molecule has 0 aromatic heterocycles. The Morgan fingerprint density at radius 3 is 2.62 bits per heavy atom. The number of carbonyl (C=O) groups is 1. The average molecular weight is 393 g/mol. The van der Waals surface area contributed by atoms with E-state index >= 15 is 0 Å². The van der Waals surface area contributed by atoms with Crippen molar-refractivity contribution in [3.05, 3.63) is 59.1 Å². The van der Waals surface area contributed by atoms with Crippen LogP contribution in [0.2, 0.25) is 5.02 Å². The normalized spacial score (nSPS) is 18.5. The summed E-state index contributed by atoms with van der Waals surface area (Å²) in [4.78, 5) is 12.8. The molecule has 7 heteroatoms. The lowest BCUT2D eigenvalue weighted by molar-refractivity contribution is -0.120. The van der Waals surface area contributed by atoms with Crippen LogP contribution in [0.25, 0.3) is 0 Å². The number of halogens is 1. The first-order valence-electron chi connectivity index (χ1n) is 8.49. The highest BCUT2D eigenvalue weighted by molar-refractivity contribution is 7.89. The van der Waals surface area contributed by atoms with Crippen LogP contribution in [0.1, 0.15) is 18.4 Å². The summed E-state index contributed by atoms with van der Waals surface area (Å²) in [6.07, 6.45) is 1.32. The lowest BCUT2D eigenvalue weighted by Gasteiger charge is -2.31. The number of rotatable bonds is 4. The second kappa shape index (κ2) is 7.78. The molecule has 1 aliphatic rings. The molecule has 0 radical (unpaired) electrons. The van der Waals surface area contributed by atoms with E-state index < -0.39 is 10.0 Å². The van der Waals surface area contributed by atoms with E-state index in [1.165, 1.54) is 16.4 Å². The van der Waals surface area contributed by atoms with Gasteiger partial charge in [0.05, 0.1) is 10.8 Å². The molecule has 1 amide bonds. The number of anilines is 1. The van der Waals surface area contributed by atoms with Crippen molar-refractivity contribution in [2.75, 3.05) is 18.4 Å². The van der Waals surface area contributed by atoms with E-state index in [0.717, 1.165) is 11.3 Å². The van der Waals surface area contributed by atoms with Crippen LogP contribution in [-0.2, 0) is 14.8 Å². The number of carbonyl (C=O) groups excluding carboxylic acids is 1. The van der Waals surface area contributed by atoms with E-state index in [1.807, 2.05) is 31.2 Å². The summed E-state index contributed by atoms with van der Waals surface area (Å²) in [5.74, 6) is -0.516. The van der Waals surface area contributed by atoms with Gasteiger partial charge in [0.2, 0.25) is 15.9 Å². The van der Waals surface area contributed by atoms with E-state index in [9.17, 15) is 13.2 Å².